The minimum Gasteiger partial charge on any atom is -0.493 e. The van der Waals surface area contributed by atoms with Crippen LogP contribution in [0.2, 0.25) is 0 Å². The predicted octanol–water partition coefficient (Wildman–Crippen LogP) is 5.33. The van der Waals surface area contributed by atoms with Gasteiger partial charge in [0.2, 0.25) is 5.89 Å². The van der Waals surface area contributed by atoms with E-state index in [1.165, 1.54) is 11.8 Å². The lowest BCUT2D eigenvalue weighted by atomic mass is 10.2. The molecule has 0 aliphatic heterocycles. The number of aromatic nitrogens is 3. The van der Waals surface area contributed by atoms with Gasteiger partial charge in [0, 0.05) is 12.3 Å². The first-order chi connectivity index (χ1) is 15.9. The maximum atomic E-state index is 13.1. The SMILES string of the molecule is COc1cccc(-c2nc(CSc3nc4ccccc4c(=O)n3CC(C)C)c(C)o2)c1OC. The Kier molecular flexibility index (Phi) is 6.74. The molecule has 0 aliphatic carbocycles. The molecule has 0 saturated heterocycles. The quantitative estimate of drug-likeness (QED) is 0.257. The maximum absolute atomic E-state index is 13.1. The Labute approximate surface area is 196 Å². The van der Waals surface area contributed by atoms with E-state index in [0.29, 0.717) is 57.4 Å². The second kappa shape index (κ2) is 9.70. The molecule has 0 saturated carbocycles. The molecule has 172 valence electrons. The van der Waals surface area contributed by atoms with Gasteiger partial charge < -0.3 is 13.9 Å². The summed E-state index contributed by atoms with van der Waals surface area (Å²) >= 11 is 1.48. The van der Waals surface area contributed by atoms with E-state index in [9.17, 15) is 4.79 Å². The van der Waals surface area contributed by atoms with Crippen LogP contribution in [0.4, 0.5) is 0 Å². The van der Waals surface area contributed by atoms with Crippen LogP contribution < -0.4 is 15.0 Å². The fourth-order valence-corrected chi connectivity index (χ4v) is 4.66. The van der Waals surface area contributed by atoms with Crippen molar-refractivity contribution in [3.63, 3.8) is 0 Å². The van der Waals surface area contributed by atoms with Crippen LogP contribution in [0.15, 0.2) is 56.8 Å². The molecule has 0 bridgehead atoms. The molecule has 4 rings (SSSR count). The smallest absolute Gasteiger partial charge is 0.262 e. The van der Waals surface area contributed by atoms with Crippen LogP contribution >= 0.6 is 11.8 Å². The maximum Gasteiger partial charge on any atom is 0.262 e. The Bertz CT molecular complexity index is 1340. The number of hydrogen-bond acceptors (Lipinski definition) is 7. The van der Waals surface area contributed by atoms with Crippen molar-refractivity contribution in [2.24, 2.45) is 5.92 Å². The van der Waals surface area contributed by atoms with Gasteiger partial charge in [0.05, 0.1) is 36.4 Å². The van der Waals surface area contributed by atoms with E-state index in [1.807, 2.05) is 49.4 Å². The molecule has 0 radical (unpaired) electrons. The summed E-state index contributed by atoms with van der Waals surface area (Å²) in [7, 11) is 3.19. The van der Waals surface area contributed by atoms with E-state index >= 15 is 0 Å². The van der Waals surface area contributed by atoms with Crippen molar-refractivity contribution in [2.45, 2.75) is 38.2 Å². The highest BCUT2D eigenvalue weighted by atomic mass is 32.2. The molecule has 0 unspecified atom stereocenters. The van der Waals surface area contributed by atoms with Gasteiger partial charge in [-0.15, -0.1) is 0 Å². The average molecular weight is 466 g/mol. The second-order valence-electron chi connectivity index (χ2n) is 8.07. The summed E-state index contributed by atoms with van der Waals surface area (Å²) in [5.74, 6) is 3.18. The number of methoxy groups -OCH3 is 2. The number of para-hydroxylation sites is 2. The van der Waals surface area contributed by atoms with Gasteiger partial charge in [0.1, 0.15) is 5.76 Å². The van der Waals surface area contributed by atoms with Gasteiger partial charge >= 0.3 is 0 Å². The lowest BCUT2D eigenvalue weighted by Gasteiger charge is -2.14. The van der Waals surface area contributed by atoms with Crippen LogP contribution in [-0.4, -0.2) is 28.8 Å². The highest BCUT2D eigenvalue weighted by molar-refractivity contribution is 7.98. The molecule has 2 aromatic carbocycles. The molecule has 0 N–H and O–H groups in total. The molecule has 4 aromatic rings. The van der Waals surface area contributed by atoms with Crippen molar-refractivity contribution in [1.29, 1.82) is 0 Å². The van der Waals surface area contributed by atoms with Gasteiger partial charge in [-0.3, -0.25) is 9.36 Å². The minimum absolute atomic E-state index is 0.0181. The van der Waals surface area contributed by atoms with Crippen LogP contribution in [0.25, 0.3) is 22.4 Å². The molecule has 8 heteroatoms. The van der Waals surface area contributed by atoms with Crippen molar-refractivity contribution < 1.29 is 13.9 Å². The number of ether oxygens (including phenoxy) is 2. The first-order valence-electron chi connectivity index (χ1n) is 10.7. The molecule has 0 fully saturated rings. The van der Waals surface area contributed by atoms with Crippen molar-refractivity contribution in [3.05, 3.63) is 64.3 Å². The Balaban J connectivity index is 1.67. The number of fused-ring (bicyclic) bond motifs is 1. The molecule has 7 nitrogen and oxygen atoms in total. The average Bonchev–Trinajstić information content (AvgIpc) is 3.19. The van der Waals surface area contributed by atoms with E-state index in [-0.39, 0.29) is 5.56 Å². The van der Waals surface area contributed by atoms with Gasteiger partial charge in [-0.05, 0) is 37.1 Å². The number of thioether (sulfide) groups is 1. The van der Waals surface area contributed by atoms with E-state index in [4.69, 9.17) is 23.9 Å². The number of rotatable bonds is 8. The van der Waals surface area contributed by atoms with E-state index in [2.05, 4.69) is 13.8 Å². The van der Waals surface area contributed by atoms with Gasteiger partial charge in [-0.25, -0.2) is 9.97 Å². The van der Waals surface area contributed by atoms with E-state index in [1.54, 1.807) is 18.8 Å². The van der Waals surface area contributed by atoms with Gasteiger partial charge in [0.15, 0.2) is 16.7 Å². The number of oxazole rings is 1. The second-order valence-corrected chi connectivity index (χ2v) is 9.02. The first kappa shape index (κ1) is 22.9. The number of hydrogen-bond donors (Lipinski definition) is 0. The monoisotopic (exact) mass is 465 g/mol. The minimum atomic E-state index is -0.0181. The highest BCUT2D eigenvalue weighted by Crippen LogP contribution is 2.38. The number of aryl methyl sites for hydroxylation is 1. The number of benzene rings is 2. The van der Waals surface area contributed by atoms with Crippen LogP contribution in [0.3, 0.4) is 0 Å². The lowest BCUT2D eigenvalue weighted by Crippen LogP contribution is -2.25. The van der Waals surface area contributed by atoms with Crippen molar-refractivity contribution >= 4 is 22.7 Å². The van der Waals surface area contributed by atoms with Crippen LogP contribution in [0.1, 0.15) is 25.3 Å². The zero-order valence-electron chi connectivity index (χ0n) is 19.4. The summed E-state index contributed by atoms with van der Waals surface area (Å²) in [6.07, 6.45) is 0. The van der Waals surface area contributed by atoms with Gasteiger partial charge in [-0.2, -0.15) is 0 Å². The summed E-state index contributed by atoms with van der Waals surface area (Å²) < 4.78 is 18.7. The molecule has 0 amide bonds. The lowest BCUT2D eigenvalue weighted by molar-refractivity contribution is 0.355. The molecule has 0 atom stereocenters. The predicted molar refractivity (Wildman–Crippen MR) is 130 cm³/mol. The van der Waals surface area contributed by atoms with Gasteiger partial charge in [0.25, 0.3) is 5.56 Å². The van der Waals surface area contributed by atoms with E-state index < -0.39 is 0 Å². The normalized spacial score (nSPS) is 11.3. The Hall–Kier alpha value is -3.26. The molecule has 33 heavy (non-hydrogen) atoms. The Morgan fingerprint density at radius 1 is 1.06 bits per heavy atom. The fourth-order valence-electron chi connectivity index (χ4n) is 3.65. The molecule has 2 heterocycles. The van der Waals surface area contributed by atoms with Gasteiger partial charge in [-0.1, -0.05) is 43.8 Å². The van der Waals surface area contributed by atoms with Crippen molar-refractivity contribution in [2.75, 3.05) is 14.2 Å². The zero-order chi connectivity index (χ0) is 23.5. The van der Waals surface area contributed by atoms with Crippen LogP contribution in [0, 0.1) is 12.8 Å². The van der Waals surface area contributed by atoms with Crippen molar-refractivity contribution in [1.82, 2.24) is 14.5 Å². The Morgan fingerprint density at radius 3 is 2.58 bits per heavy atom. The zero-order valence-corrected chi connectivity index (χ0v) is 20.2. The summed E-state index contributed by atoms with van der Waals surface area (Å²) in [5.41, 5.74) is 2.19. The molecule has 2 aromatic heterocycles. The van der Waals surface area contributed by atoms with Crippen LogP contribution in [0.5, 0.6) is 11.5 Å². The molecule has 0 aliphatic rings. The topological polar surface area (TPSA) is 79.4 Å². The summed E-state index contributed by atoms with van der Waals surface area (Å²) in [5, 5.41) is 1.31. The third-order valence-corrected chi connectivity index (χ3v) is 6.23. The first-order valence-corrected chi connectivity index (χ1v) is 11.7. The molecule has 0 spiro atoms. The molecular weight excluding hydrogens is 438 g/mol. The third kappa shape index (κ3) is 4.61. The fraction of sp³-hybridized carbons (Fsp3) is 0.320. The third-order valence-electron chi connectivity index (χ3n) is 5.24. The standard InChI is InChI=1S/C25H27N3O4S/c1-15(2)13-28-24(29)17-9-6-7-11-19(17)27-25(28)33-14-20-16(3)32-23(26-20)18-10-8-12-21(30-4)22(18)31-5/h6-12,15H,13-14H2,1-5H3. The van der Waals surface area contributed by atoms with Crippen LogP contribution in [-0.2, 0) is 12.3 Å². The highest BCUT2D eigenvalue weighted by Gasteiger charge is 2.19. The van der Waals surface area contributed by atoms with E-state index in [0.717, 1.165) is 11.3 Å². The summed E-state index contributed by atoms with van der Waals surface area (Å²) in [6.45, 7) is 6.66. The summed E-state index contributed by atoms with van der Waals surface area (Å²) in [6, 6.07) is 13.0. The summed E-state index contributed by atoms with van der Waals surface area (Å²) in [4.78, 5) is 22.6. The van der Waals surface area contributed by atoms with Crippen molar-refractivity contribution in [3.8, 4) is 23.0 Å². The Morgan fingerprint density at radius 2 is 1.85 bits per heavy atom. The number of nitrogens with zero attached hydrogens (tertiary/aromatic N) is 3. The largest absolute Gasteiger partial charge is 0.493 e. The molecular formula is C25H27N3O4S.